The van der Waals surface area contributed by atoms with E-state index in [1.165, 1.54) is 0 Å². The van der Waals surface area contributed by atoms with Gasteiger partial charge in [0.05, 0.1) is 0 Å². The summed E-state index contributed by atoms with van der Waals surface area (Å²) >= 11 is 0. The summed E-state index contributed by atoms with van der Waals surface area (Å²) in [4.78, 5) is 24.0. The standard InChI is InChI=1S/C4H3FN2O2.C2H6OS/c5-2-1-6-4(9)7-3(2)8;1-4(2)3/h1H,(H2,6,7,8,9);1-2H3. The normalized spacial score (nSPS) is 9.23. The molecule has 1 aromatic rings. The number of aromatic amines is 2. The Kier molecular flexibility index (Phi) is 4.90. The van der Waals surface area contributed by atoms with Gasteiger partial charge in [0.2, 0.25) is 5.82 Å². The van der Waals surface area contributed by atoms with Gasteiger partial charge in [0, 0.05) is 29.5 Å². The third-order valence-electron chi connectivity index (χ3n) is 0.774. The van der Waals surface area contributed by atoms with Crippen LogP contribution >= 0.6 is 0 Å². The van der Waals surface area contributed by atoms with E-state index in [0.29, 0.717) is 6.20 Å². The van der Waals surface area contributed by atoms with Crippen molar-refractivity contribution in [2.75, 3.05) is 12.5 Å². The minimum Gasteiger partial charge on any atom is -0.311 e. The van der Waals surface area contributed by atoms with E-state index < -0.39 is 27.9 Å². The summed E-state index contributed by atoms with van der Waals surface area (Å²) in [6.07, 6.45) is 3.99. The summed E-state index contributed by atoms with van der Waals surface area (Å²) in [7, 11) is -0.611. The van der Waals surface area contributed by atoms with Gasteiger partial charge in [0.25, 0.3) is 5.56 Å². The Hall–Kier alpha value is -1.24. The number of H-pyrrole nitrogens is 2. The van der Waals surface area contributed by atoms with Crippen LogP contribution in [0.25, 0.3) is 0 Å². The van der Waals surface area contributed by atoms with E-state index in [4.69, 9.17) is 0 Å². The Morgan fingerprint density at radius 3 is 2.15 bits per heavy atom. The van der Waals surface area contributed by atoms with Crippen LogP contribution in [0.2, 0.25) is 0 Å². The van der Waals surface area contributed by atoms with E-state index in [-0.39, 0.29) is 0 Å². The second-order valence-electron chi connectivity index (χ2n) is 2.16. The quantitative estimate of drug-likeness (QED) is 0.585. The Morgan fingerprint density at radius 1 is 1.38 bits per heavy atom. The zero-order valence-electron chi connectivity index (χ0n) is 7.09. The van der Waals surface area contributed by atoms with Gasteiger partial charge < -0.3 is 4.98 Å². The lowest BCUT2D eigenvalue weighted by atomic mass is 10.6. The molecule has 0 aromatic carbocycles. The third kappa shape index (κ3) is 5.97. The predicted octanol–water partition coefficient (Wildman–Crippen LogP) is -0.803. The van der Waals surface area contributed by atoms with E-state index in [0.717, 1.165) is 0 Å². The van der Waals surface area contributed by atoms with Crippen LogP contribution in [0.3, 0.4) is 0 Å². The predicted molar refractivity (Wildman–Crippen MR) is 47.6 cm³/mol. The van der Waals surface area contributed by atoms with Crippen molar-refractivity contribution in [3.05, 3.63) is 32.9 Å². The molecule has 13 heavy (non-hydrogen) atoms. The number of halogens is 1. The van der Waals surface area contributed by atoms with Gasteiger partial charge in [-0.1, -0.05) is 0 Å². The average molecular weight is 208 g/mol. The molecule has 0 unspecified atom stereocenters. The molecule has 0 amide bonds. The van der Waals surface area contributed by atoms with Gasteiger partial charge in [-0.05, 0) is 0 Å². The Balaban J connectivity index is 0.000000310. The molecule has 0 aliphatic heterocycles. The molecular formula is C6H9FN2O3S. The molecule has 0 bridgehead atoms. The van der Waals surface area contributed by atoms with Crippen molar-refractivity contribution in [2.24, 2.45) is 0 Å². The zero-order chi connectivity index (χ0) is 10.4. The van der Waals surface area contributed by atoms with Gasteiger partial charge in [0.1, 0.15) is 0 Å². The molecular weight excluding hydrogens is 199 g/mol. The zero-order valence-corrected chi connectivity index (χ0v) is 7.90. The van der Waals surface area contributed by atoms with Gasteiger partial charge in [0.15, 0.2) is 0 Å². The van der Waals surface area contributed by atoms with Crippen molar-refractivity contribution in [1.29, 1.82) is 0 Å². The second-order valence-corrected chi connectivity index (χ2v) is 3.64. The number of aromatic nitrogens is 2. The van der Waals surface area contributed by atoms with E-state index >= 15 is 0 Å². The maximum Gasteiger partial charge on any atom is 0.325 e. The number of rotatable bonds is 0. The molecule has 0 atom stereocenters. The largest absolute Gasteiger partial charge is 0.325 e. The molecule has 0 aliphatic rings. The number of hydrogen-bond acceptors (Lipinski definition) is 3. The van der Waals surface area contributed by atoms with Gasteiger partial charge in [-0.25, -0.2) is 4.79 Å². The first-order valence-electron chi connectivity index (χ1n) is 3.16. The van der Waals surface area contributed by atoms with Gasteiger partial charge >= 0.3 is 5.69 Å². The highest BCUT2D eigenvalue weighted by molar-refractivity contribution is 7.83. The van der Waals surface area contributed by atoms with Crippen LogP contribution in [0.4, 0.5) is 4.39 Å². The Morgan fingerprint density at radius 2 is 1.85 bits per heavy atom. The van der Waals surface area contributed by atoms with E-state index in [1.807, 2.05) is 4.98 Å². The van der Waals surface area contributed by atoms with Gasteiger partial charge in [-0.2, -0.15) is 4.39 Å². The fourth-order valence-corrected chi connectivity index (χ4v) is 0.393. The molecule has 0 spiro atoms. The summed E-state index contributed by atoms with van der Waals surface area (Å²) in [6, 6.07) is 0. The van der Waals surface area contributed by atoms with Crippen LogP contribution in [0, 0.1) is 5.82 Å². The molecule has 1 heterocycles. The van der Waals surface area contributed by atoms with Crippen LogP contribution in [-0.4, -0.2) is 26.7 Å². The summed E-state index contributed by atoms with van der Waals surface area (Å²) < 4.78 is 21.5. The first kappa shape index (κ1) is 11.8. The fraction of sp³-hybridized carbons (Fsp3) is 0.333. The van der Waals surface area contributed by atoms with Crippen LogP contribution in [-0.2, 0) is 10.8 Å². The monoisotopic (exact) mass is 208 g/mol. The summed E-state index contributed by atoms with van der Waals surface area (Å²) in [6.45, 7) is 0. The van der Waals surface area contributed by atoms with Crippen molar-refractivity contribution in [2.45, 2.75) is 0 Å². The van der Waals surface area contributed by atoms with Crippen molar-refractivity contribution < 1.29 is 8.60 Å². The van der Waals surface area contributed by atoms with Crippen molar-refractivity contribution in [1.82, 2.24) is 9.97 Å². The summed E-state index contributed by atoms with van der Waals surface area (Å²) in [5.41, 5.74) is -1.71. The first-order chi connectivity index (χ1) is 5.93. The maximum absolute atomic E-state index is 12.0. The maximum atomic E-state index is 12.0. The highest BCUT2D eigenvalue weighted by Crippen LogP contribution is 1.74. The van der Waals surface area contributed by atoms with Crippen LogP contribution < -0.4 is 11.2 Å². The lowest BCUT2D eigenvalue weighted by Gasteiger charge is -1.81. The Labute approximate surface area is 75.5 Å². The molecule has 0 aliphatic carbocycles. The Bertz CT molecular complexity index is 393. The molecule has 0 fully saturated rings. The highest BCUT2D eigenvalue weighted by Gasteiger charge is 1.93. The molecule has 74 valence electrons. The molecule has 1 aromatic heterocycles. The van der Waals surface area contributed by atoms with Crippen molar-refractivity contribution >= 4 is 10.8 Å². The average Bonchev–Trinajstić information content (AvgIpc) is 1.96. The van der Waals surface area contributed by atoms with E-state index in [1.54, 1.807) is 17.5 Å². The SMILES string of the molecule is CS(C)=O.O=c1[nH]cc(F)c(=O)[nH]1. The van der Waals surface area contributed by atoms with Gasteiger partial charge in [-0.3, -0.25) is 14.0 Å². The topological polar surface area (TPSA) is 82.8 Å². The smallest absolute Gasteiger partial charge is 0.311 e. The first-order valence-corrected chi connectivity index (χ1v) is 5.12. The van der Waals surface area contributed by atoms with Crippen LogP contribution in [0.1, 0.15) is 0 Å². The molecule has 1 rings (SSSR count). The minimum absolute atomic E-state index is 0.611. The molecule has 0 saturated heterocycles. The molecule has 7 heteroatoms. The molecule has 0 saturated carbocycles. The molecule has 5 nitrogen and oxygen atoms in total. The highest BCUT2D eigenvalue weighted by atomic mass is 32.2. The van der Waals surface area contributed by atoms with E-state index in [9.17, 15) is 18.2 Å². The molecule has 2 N–H and O–H groups in total. The van der Waals surface area contributed by atoms with Gasteiger partial charge in [-0.15, -0.1) is 0 Å². The second kappa shape index (κ2) is 5.41. The fourth-order valence-electron chi connectivity index (χ4n) is 0.393. The van der Waals surface area contributed by atoms with Crippen LogP contribution in [0.5, 0.6) is 0 Å². The molecule has 0 radical (unpaired) electrons. The lowest BCUT2D eigenvalue weighted by molar-refractivity contribution is 0.597. The van der Waals surface area contributed by atoms with Crippen molar-refractivity contribution in [3.63, 3.8) is 0 Å². The van der Waals surface area contributed by atoms with Crippen molar-refractivity contribution in [3.8, 4) is 0 Å². The van der Waals surface area contributed by atoms with E-state index in [2.05, 4.69) is 0 Å². The lowest BCUT2D eigenvalue weighted by Crippen LogP contribution is -2.23. The number of hydrogen-bond donors (Lipinski definition) is 2. The number of nitrogens with one attached hydrogen (secondary N) is 2. The summed E-state index contributed by atoms with van der Waals surface area (Å²) in [5, 5.41) is 0. The summed E-state index contributed by atoms with van der Waals surface area (Å²) in [5.74, 6) is -0.991. The minimum atomic E-state index is -1.00. The van der Waals surface area contributed by atoms with Crippen LogP contribution in [0.15, 0.2) is 15.8 Å². The third-order valence-corrected chi connectivity index (χ3v) is 0.774.